The van der Waals surface area contributed by atoms with Crippen LogP contribution in [0.1, 0.15) is 32.1 Å². The number of sulfone groups is 1. The summed E-state index contributed by atoms with van der Waals surface area (Å²) in [7, 11) is 2.01. The highest BCUT2D eigenvalue weighted by Crippen LogP contribution is 2.38. The summed E-state index contributed by atoms with van der Waals surface area (Å²) in [6.45, 7) is 1.07. The molecule has 1 saturated heterocycles. The Balaban J connectivity index is 0.00000288. The van der Waals surface area contributed by atoms with Crippen molar-refractivity contribution >= 4 is 45.7 Å². The van der Waals surface area contributed by atoms with Crippen molar-refractivity contribution in [2.75, 3.05) is 46.5 Å². The minimum Gasteiger partial charge on any atom is -0.347 e. The molecule has 0 aromatic rings. The Labute approximate surface area is 162 Å². The molecular formula is C15H29IN4O3S. The van der Waals surface area contributed by atoms with Gasteiger partial charge < -0.3 is 15.1 Å². The summed E-state index contributed by atoms with van der Waals surface area (Å²) in [4.78, 5) is 19.5. The highest BCUT2D eigenvalue weighted by atomic mass is 127. The van der Waals surface area contributed by atoms with Crippen LogP contribution < -0.4 is 5.32 Å². The molecule has 9 heteroatoms. The van der Waals surface area contributed by atoms with Crippen molar-refractivity contribution in [1.29, 1.82) is 0 Å². The van der Waals surface area contributed by atoms with Gasteiger partial charge in [-0.2, -0.15) is 0 Å². The Morgan fingerprint density at radius 3 is 2.42 bits per heavy atom. The first-order chi connectivity index (χ1) is 10.8. The summed E-state index contributed by atoms with van der Waals surface area (Å²) in [6, 6.07) is 0. The molecule has 2 aliphatic rings. The average Bonchev–Trinajstić information content (AvgIpc) is 2.52. The summed E-state index contributed by atoms with van der Waals surface area (Å²) < 4.78 is 24.6. The largest absolute Gasteiger partial charge is 0.347 e. The molecule has 0 bridgehead atoms. The lowest BCUT2D eigenvalue weighted by atomic mass is 9.87. The topological polar surface area (TPSA) is 82.1 Å². The third-order valence-electron chi connectivity index (χ3n) is 4.94. The molecule has 0 unspecified atom stereocenters. The Hall–Kier alpha value is -0.580. The van der Waals surface area contributed by atoms with Crippen LogP contribution in [0.2, 0.25) is 0 Å². The second kappa shape index (κ2) is 8.68. The Bertz CT molecular complexity index is 571. The lowest BCUT2D eigenvalue weighted by Crippen LogP contribution is -2.60. The highest BCUT2D eigenvalue weighted by Gasteiger charge is 2.48. The lowest BCUT2D eigenvalue weighted by molar-refractivity contribution is -0.127. The van der Waals surface area contributed by atoms with Gasteiger partial charge in [0.15, 0.2) is 15.8 Å². The van der Waals surface area contributed by atoms with Gasteiger partial charge in [0.2, 0.25) is 5.91 Å². The fraction of sp³-hybridized carbons (Fsp3) is 0.867. The zero-order valence-corrected chi connectivity index (χ0v) is 17.9. The molecule has 140 valence electrons. The van der Waals surface area contributed by atoms with Crippen LogP contribution in [0, 0.1) is 0 Å². The van der Waals surface area contributed by atoms with Gasteiger partial charge >= 0.3 is 0 Å². The zero-order valence-electron chi connectivity index (χ0n) is 14.7. The molecule has 2 fully saturated rings. The van der Waals surface area contributed by atoms with Gasteiger partial charge in [-0.15, -0.1) is 24.0 Å². The molecule has 0 radical (unpaired) electrons. The molecule has 1 N–H and O–H groups in total. The quantitative estimate of drug-likeness (QED) is 0.364. The molecule has 0 aromatic heterocycles. The molecule has 1 saturated carbocycles. The van der Waals surface area contributed by atoms with Gasteiger partial charge in [-0.3, -0.25) is 9.79 Å². The van der Waals surface area contributed by atoms with Crippen molar-refractivity contribution in [3.63, 3.8) is 0 Å². The monoisotopic (exact) mass is 472 g/mol. The van der Waals surface area contributed by atoms with E-state index in [4.69, 9.17) is 0 Å². The number of amides is 1. The van der Waals surface area contributed by atoms with E-state index in [0.717, 1.165) is 32.1 Å². The number of nitrogens with zero attached hydrogens (tertiary/aromatic N) is 3. The third kappa shape index (κ3) is 4.53. The first kappa shape index (κ1) is 21.5. The Morgan fingerprint density at radius 1 is 1.25 bits per heavy atom. The van der Waals surface area contributed by atoms with E-state index in [1.165, 1.54) is 4.90 Å². The summed E-state index contributed by atoms with van der Waals surface area (Å²) in [5.74, 6) is 0.734. The molecule has 0 aromatic carbocycles. The standard InChI is InChI=1S/C15H28N4O3S.HI/c1-16-14(17-11-13(20)18(2)3)19-9-10-23(21,22)15(12-19)7-5-4-6-8-15;/h4-12H2,1-3H3,(H,16,17);1H. The van der Waals surface area contributed by atoms with Gasteiger partial charge in [0, 0.05) is 34.2 Å². The van der Waals surface area contributed by atoms with Crippen molar-refractivity contribution < 1.29 is 13.2 Å². The number of hydrogen-bond donors (Lipinski definition) is 1. The van der Waals surface area contributed by atoms with Crippen molar-refractivity contribution in [3.8, 4) is 0 Å². The van der Waals surface area contributed by atoms with Gasteiger partial charge in [0.25, 0.3) is 0 Å². The number of guanidine groups is 1. The Kier molecular flexibility index (Phi) is 7.76. The van der Waals surface area contributed by atoms with Gasteiger partial charge in [0.05, 0.1) is 17.0 Å². The minimum absolute atomic E-state index is 0. The smallest absolute Gasteiger partial charge is 0.241 e. The van der Waals surface area contributed by atoms with E-state index < -0.39 is 14.6 Å². The second-order valence-corrected chi connectivity index (χ2v) is 9.18. The molecule has 1 heterocycles. The van der Waals surface area contributed by atoms with Gasteiger partial charge in [-0.1, -0.05) is 19.3 Å². The molecule has 1 aliphatic heterocycles. The number of nitrogens with one attached hydrogen (secondary N) is 1. The molecule has 1 aliphatic carbocycles. The maximum Gasteiger partial charge on any atom is 0.241 e. The van der Waals surface area contributed by atoms with Gasteiger partial charge in [0.1, 0.15) is 0 Å². The number of aliphatic imine (C=N–C) groups is 1. The summed E-state index contributed by atoms with van der Waals surface area (Å²) in [5.41, 5.74) is 0. The van der Waals surface area contributed by atoms with Crippen molar-refractivity contribution in [2.24, 2.45) is 4.99 Å². The first-order valence-corrected chi connectivity index (χ1v) is 9.85. The molecular weight excluding hydrogens is 443 g/mol. The van der Waals surface area contributed by atoms with Crippen LogP contribution in [-0.2, 0) is 14.6 Å². The van der Waals surface area contributed by atoms with Crippen molar-refractivity contribution in [1.82, 2.24) is 15.1 Å². The Morgan fingerprint density at radius 2 is 1.88 bits per heavy atom. The maximum atomic E-state index is 12.6. The highest BCUT2D eigenvalue weighted by molar-refractivity contribution is 14.0. The van der Waals surface area contributed by atoms with Crippen molar-refractivity contribution in [2.45, 2.75) is 36.9 Å². The summed E-state index contributed by atoms with van der Waals surface area (Å²) in [6.07, 6.45) is 4.52. The van der Waals surface area contributed by atoms with Crippen LogP contribution in [0.25, 0.3) is 0 Å². The number of likely N-dealkylation sites (N-methyl/N-ethyl adjacent to an activating group) is 1. The van der Waals surface area contributed by atoms with E-state index in [1.54, 1.807) is 21.1 Å². The second-order valence-electron chi connectivity index (χ2n) is 6.67. The van der Waals surface area contributed by atoms with E-state index in [9.17, 15) is 13.2 Å². The van der Waals surface area contributed by atoms with E-state index >= 15 is 0 Å². The number of carbonyl (C=O) groups is 1. The van der Waals surface area contributed by atoms with Gasteiger partial charge in [-0.05, 0) is 12.8 Å². The average molecular weight is 472 g/mol. The number of hydrogen-bond acceptors (Lipinski definition) is 4. The van der Waals surface area contributed by atoms with E-state index in [2.05, 4.69) is 10.3 Å². The number of rotatable bonds is 2. The summed E-state index contributed by atoms with van der Waals surface area (Å²) >= 11 is 0. The normalized spacial score (nSPS) is 22.6. The summed E-state index contributed by atoms with van der Waals surface area (Å²) in [5, 5.41) is 3.06. The molecule has 0 atom stereocenters. The minimum atomic E-state index is -3.07. The van der Waals surface area contributed by atoms with Crippen LogP contribution >= 0.6 is 24.0 Å². The van der Waals surface area contributed by atoms with Crippen LogP contribution in [0.15, 0.2) is 4.99 Å². The predicted octanol–water partition coefficient (Wildman–Crippen LogP) is 0.701. The maximum absolute atomic E-state index is 12.6. The van der Waals surface area contributed by atoms with Gasteiger partial charge in [-0.25, -0.2) is 8.42 Å². The zero-order chi connectivity index (χ0) is 17.1. The molecule has 24 heavy (non-hydrogen) atoms. The molecule has 1 amide bonds. The van der Waals surface area contributed by atoms with Crippen LogP contribution in [0.5, 0.6) is 0 Å². The lowest BCUT2D eigenvalue weighted by Gasteiger charge is -2.45. The van der Waals surface area contributed by atoms with E-state index in [-0.39, 0.29) is 42.2 Å². The van der Waals surface area contributed by atoms with Crippen LogP contribution in [-0.4, -0.2) is 81.4 Å². The fourth-order valence-corrected chi connectivity index (χ4v) is 5.62. The third-order valence-corrected chi connectivity index (χ3v) is 7.52. The SMILES string of the molecule is CN=C(NCC(=O)N(C)C)N1CCS(=O)(=O)C2(CCCCC2)C1.I. The van der Waals surface area contributed by atoms with Crippen LogP contribution in [0.4, 0.5) is 0 Å². The molecule has 7 nitrogen and oxygen atoms in total. The first-order valence-electron chi connectivity index (χ1n) is 8.19. The molecule has 1 spiro atoms. The van der Waals surface area contributed by atoms with Crippen LogP contribution in [0.3, 0.4) is 0 Å². The number of halogens is 1. The predicted molar refractivity (Wildman–Crippen MR) is 107 cm³/mol. The fourth-order valence-electron chi connectivity index (χ4n) is 3.46. The van der Waals surface area contributed by atoms with Crippen molar-refractivity contribution in [3.05, 3.63) is 0 Å². The number of carbonyl (C=O) groups excluding carboxylic acids is 1. The van der Waals surface area contributed by atoms with E-state index in [0.29, 0.717) is 19.0 Å². The molecule has 2 rings (SSSR count). The van der Waals surface area contributed by atoms with E-state index in [1.807, 2.05) is 4.90 Å².